The molecular weight excluding hydrogens is 362 g/mol. The van der Waals surface area contributed by atoms with Gasteiger partial charge >= 0.3 is 0 Å². The second-order valence-electron chi connectivity index (χ2n) is 8.57. The predicted octanol–water partition coefficient (Wildman–Crippen LogP) is 2.02. The summed E-state index contributed by atoms with van der Waals surface area (Å²) in [7, 11) is 1.92. The van der Waals surface area contributed by atoms with Crippen LogP contribution in [0.1, 0.15) is 31.2 Å². The van der Waals surface area contributed by atoms with E-state index in [0.717, 1.165) is 58.4 Å². The summed E-state index contributed by atoms with van der Waals surface area (Å²) in [4.78, 5) is 12.3. The largest absolute Gasteiger partial charge is 0.379 e. The van der Waals surface area contributed by atoms with Crippen molar-refractivity contribution in [2.24, 2.45) is 4.99 Å². The summed E-state index contributed by atoms with van der Waals surface area (Å²) >= 11 is 0. The van der Waals surface area contributed by atoms with Crippen LogP contribution in [-0.4, -0.2) is 92.3 Å². The second-order valence-corrected chi connectivity index (χ2v) is 8.57. The molecule has 3 fully saturated rings. The molecule has 2 atom stereocenters. The molecule has 29 heavy (non-hydrogen) atoms. The first-order valence-corrected chi connectivity index (χ1v) is 11.4. The van der Waals surface area contributed by atoms with Gasteiger partial charge in [0.25, 0.3) is 0 Å². The van der Waals surface area contributed by atoms with Crippen LogP contribution in [0.15, 0.2) is 35.3 Å². The van der Waals surface area contributed by atoms with Crippen LogP contribution in [-0.2, 0) is 11.3 Å². The summed E-state index contributed by atoms with van der Waals surface area (Å²) in [5.74, 6) is 1.07. The van der Waals surface area contributed by atoms with Crippen LogP contribution in [0.2, 0.25) is 0 Å². The molecule has 6 nitrogen and oxygen atoms in total. The molecule has 0 spiro atoms. The van der Waals surface area contributed by atoms with Gasteiger partial charge in [-0.15, -0.1) is 0 Å². The van der Waals surface area contributed by atoms with Gasteiger partial charge in [0.1, 0.15) is 0 Å². The third kappa shape index (κ3) is 5.50. The molecule has 0 amide bonds. The predicted molar refractivity (Wildman–Crippen MR) is 118 cm³/mol. The minimum atomic E-state index is 0.582. The molecule has 160 valence electrons. The Bertz CT molecular complexity index is 646. The van der Waals surface area contributed by atoms with E-state index in [0.29, 0.717) is 12.1 Å². The molecular formula is C23H37N5O. The molecule has 0 aromatic heterocycles. The van der Waals surface area contributed by atoms with E-state index in [9.17, 15) is 0 Å². The molecule has 0 radical (unpaired) electrons. The Morgan fingerprint density at radius 3 is 2.69 bits per heavy atom. The van der Waals surface area contributed by atoms with Gasteiger partial charge in [0.2, 0.25) is 0 Å². The molecule has 6 heteroatoms. The van der Waals surface area contributed by atoms with Crippen molar-refractivity contribution in [1.82, 2.24) is 20.0 Å². The fourth-order valence-electron chi connectivity index (χ4n) is 5.03. The Kier molecular flexibility index (Phi) is 7.41. The number of nitrogens with one attached hydrogen (secondary N) is 1. The third-order valence-electron chi connectivity index (χ3n) is 6.71. The number of likely N-dealkylation sites (tertiary alicyclic amines) is 2. The average Bonchev–Trinajstić information content (AvgIpc) is 3.27. The Morgan fingerprint density at radius 2 is 1.90 bits per heavy atom. The molecule has 3 heterocycles. The van der Waals surface area contributed by atoms with Crippen LogP contribution < -0.4 is 5.32 Å². The van der Waals surface area contributed by atoms with Crippen molar-refractivity contribution in [3.05, 3.63) is 35.9 Å². The van der Waals surface area contributed by atoms with E-state index < -0.39 is 0 Å². The topological polar surface area (TPSA) is 43.3 Å². The van der Waals surface area contributed by atoms with Gasteiger partial charge in [0, 0.05) is 58.4 Å². The molecule has 0 aliphatic carbocycles. The van der Waals surface area contributed by atoms with Gasteiger partial charge in [-0.25, -0.2) is 0 Å². The lowest BCUT2D eigenvalue weighted by molar-refractivity contribution is 0.0194. The average molecular weight is 400 g/mol. The molecule has 1 aromatic rings. The molecule has 3 aliphatic rings. The SMILES string of the molecule is CN=C(NCC1CCCCN1Cc1ccccc1)N1CCC(N2CCOCC2)C1. The first-order chi connectivity index (χ1) is 14.3. The minimum absolute atomic E-state index is 0.582. The number of guanidine groups is 1. The summed E-state index contributed by atoms with van der Waals surface area (Å²) in [5.41, 5.74) is 1.41. The van der Waals surface area contributed by atoms with Gasteiger partial charge in [-0.05, 0) is 31.4 Å². The molecule has 2 unspecified atom stereocenters. The van der Waals surface area contributed by atoms with E-state index in [1.165, 1.54) is 37.8 Å². The van der Waals surface area contributed by atoms with Gasteiger partial charge in [-0.3, -0.25) is 14.8 Å². The molecule has 0 saturated carbocycles. The van der Waals surface area contributed by atoms with Crippen LogP contribution >= 0.6 is 0 Å². The van der Waals surface area contributed by atoms with E-state index in [-0.39, 0.29) is 0 Å². The van der Waals surface area contributed by atoms with E-state index in [1.807, 2.05) is 7.05 Å². The first kappa shape index (κ1) is 20.6. The highest BCUT2D eigenvalue weighted by Crippen LogP contribution is 2.20. The number of rotatable bonds is 5. The molecule has 1 N–H and O–H groups in total. The van der Waals surface area contributed by atoms with E-state index in [1.54, 1.807) is 0 Å². The maximum atomic E-state index is 5.52. The van der Waals surface area contributed by atoms with Gasteiger partial charge in [0.15, 0.2) is 5.96 Å². The van der Waals surface area contributed by atoms with Crippen molar-refractivity contribution in [2.75, 3.05) is 59.5 Å². The van der Waals surface area contributed by atoms with Crippen molar-refractivity contribution in [1.29, 1.82) is 0 Å². The number of morpholine rings is 1. The molecule has 4 rings (SSSR count). The highest BCUT2D eigenvalue weighted by Gasteiger charge is 2.31. The van der Waals surface area contributed by atoms with Crippen LogP contribution in [0.25, 0.3) is 0 Å². The fourth-order valence-corrected chi connectivity index (χ4v) is 5.03. The van der Waals surface area contributed by atoms with Crippen LogP contribution in [0.3, 0.4) is 0 Å². The maximum absolute atomic E-state index is 5.52. The first-order valence-electron chi connectivity index (χ1n) is 11.4. The molecule has 1 aromatic carbocycles. The van der Waals surface area contributed by atoms with E-state index in [4.69, 9.17) is 4.74 Å². The fraction of sp³-hybridized carbons (Fsp3) is 0.696. The maximum Gasteiger partial charge on any atom is 0.193 e. The molecule has 3 aliphatic heterocycles. The van der Waals surface area contributed by atoms with Crippen LogP contribution in [0.4, 0.5) is 0 Å². The Balaban J connectivity index is 1.29. The standard InChI is InChI=1S/C23H37N5O/c1-24-23(28-12-10-22(19-28)26-13-15-29-16-14-26)25-17-21-9-5-6-11-27(21)18-20-7-3-2-4-8-20/h2-4,7-8,21-22H,5-6,9-19H2,1H3,(H,24,25). The van der Waals surface area contributed by atoms with E-state index >= 15 is 0 Å². The quantitative estimate of drug-likeness (QED) is 0.606. The molecule has 3 saturated heterocycles. The number of hydrogen-bond donors (Lipinski definition) is 1. The summed E-state index contributed by atoms with van der Waals surface area (Å²) < 4.78 is 5.52. The Hall–Kier alpha value is -1.63. The van der Waals surface area contributed by atoms with Crippen molar-refractivity contribution in [3.8, 4) is 0 Å². The van der Waals surface area contributed by atoms with Crippen molar-refractivity contribution < 1.29 is 4.74 Å². The lowest BCUT2D eigenvalue weighted by Gasteiger charge is -2.37. The van der Waals surface area contributed by atoms with Crippen molar-refractivity contribution in [3.63, 3.8) is 0 Å². The Labute approximate surface area is 175 Å². The molecule has 0 bridgehead atoms. The lowest BCUT2D eigenvalue weighted by atomic mass is 10.0. The monoisotopic (exact) mass is 399 g/mol. The van der Waals surface area contributed by atoms with Gasteiger partial charge in [0.05, 0.1) is 13.2 Å². The summed E-state index contributed by atoms with van der Waals surface area (Å²) in [5, 5.41) is 3.71. The lowest BCUT2D eigenvalue weighted by Crippen LogP contribution is -2.50. The number of piperidine rings is 1. The second kappa shape index (κ2) is 10.4. The van der Waals surface area contributed by atoms with Gasteiger partial charge < -0.3 is 15.0 Å². The highest BCUT2D eigenvalue weighted by atomic mass is 16.5. The highest BCUT2D eigenvalue weighted by molar-refractivity contribution is 5.80. The summed E-state index contributed by atoms with van der Waals surface area (Å²) in [6.07, 6.45) is 5.14. The van der Waals surface area contributed by atoms with E-state index in [2.05, 4.69) is 55.3 Å². The van der Waals surface area contributed by atoms with Gasteiger partial charge in [-0.1, -0.05) is 36.8 Å². The number of hydrogen-bond acceptors (Lipinski definition) is 4. The van der Waals surface area contributed by atoms with Gasteiger partial charge in [-0.2, -0.15) is 0 Å². The number of benzene rings is 1. The number of ether oxygens (including phenoxy) is 1. The van der Waals surface area contributed by atoms with Crippen LogP contribution in [0, 0.1) is 0 Å². The minimum Gasteiger partial charge on any atom is -0.379 e. The Morgan fingerprint density at radius 1 is 1.07 bits per heavy atom. The zero-order valence-electron chi connectivity index (χ0n) is 17.9. The van der Waals surface area contributed by atoms with Crippen molar-refractivity contribution >= 4 is 5.96 Å². The zero-order chi connectivity index (χ0) is 19.9. The third-order valence-corrected chi connectivity index (χ3v) is 6.71. The normalized spacial score (nSPS) is 27.3. The zero-order valence-corrected chi connectivity index (χ0v) is 17.9. The van der Waals surface area contributed by atoms with Crippen molar-refractivity contribution in [2.45, 2.75) is 44.3 Å². The summed E-state index contributed by atoms with van der Waals surface area (Å²) in [6.45, 7) is 9.31. The smallest absolute Gasteiger partial charge is 0.193 e. The number of nitrogens with zero attached hydrogens (tertiary/aromatic N) is 4. The van der Waals surface area contributed by atoms with Crippen LogP contribution in [0.5, 0.6) is 0 Å². The summed E-state index contributed by atoms with van der Waals surface area (Å²) in [6, 6.07) is 12.1. The number of aliphatic imine (C=N–C) groups is 1.